The molecule has 0 aliphatic carbocycles. The summed E-state index contributed by atoms with van der Waals surface area (Å²) in [5, 5.41) is 3.97. The van der Waals surface area contributed by atoms with Gasteiger partial charge in [-0.2, -0.15) is 11.3 Å². The Morgan fingerprint density at radius 1 is 1.64 bits per heavy atom. The number of ketones is 1. The Bertz CT molecular complexity index is 431. The molecule has 0 aromatic carbocycles. The fraction of sp³-hybridized carbons (Fsp3) is 0.200. The first kappa shape index (κ1) is 9.15. The van der Waals surface area contributed by atoms with Gasteiger partial charge in [0.2, 0.25) is 0 Å². The van der Waals surface area contributed by atoms with Crippen LogP contribution in [0.4, 0.5) is 0 Å². The van der Waals surface area contributed by atoms with Crippen molar-refractivity contribution in [3.63, 3.8) is 0 Å². The van der Waals surface area contributed by atoms with E-state index in [4.69, 9.17) is 0 Å². The van der Waals surface area contributed by atoms with Crippen LogP contribution < -0.4 is 0 Å². The number of Topliss-reactive ketones (excluding diaryl/α,β-unsaturated/α-hetero) is 1. The third-order valence-electron chi connectivity index (χ3n) is 2.05. The molecule has 0 aliphatic heterocycles. The summed E-state index contributed by atoms with van der Waals surface area (Å²) in [7, 11) is 1.83. The average molecular weight is 206 g/mol. The van der Waals surface area contributed by atoms with Gasteiger partial charge in [0, 0.05) is 13.5 Å². The molecular formula is C10H10N2OS. The third kappa shape index (κ3) is 1.75. The van der Waals surface area contributed by atoms with Crippen molar-refractivity contribution in [1.82, 2.24) is 9.55 Å². The van der Waals surface area contributed by atoms with Crippen molar-refractivity contribution < 1.29 is 4.79 Å². The number of hydrogen-bond acceptors (Lipinski definition) is 3. The molecule has 4 heteroatoms. The largest absolute Gasteiger partial charge is 0.331 e. The molecule has 2 aromatic heterocycles. The minimum Gasteiger partial charge on any atom is -0.331 e. The van der Waals surface area contributed by atoms with Crippen molar-refractivity contribution in [2.75, 3.05) is 0 Å². The van der Waals surface area contributed by atoms with Gasteiger partial charge < -0.3 is 4.57 Å². The van der Waals surface area contributed by atoms with Crippen LogP contribution in [0.5, 0.6) is 0 Å². The van der Waals surface area contributed by atoms with Crippen molar-refractivity contribution in [3.05, 3.63) is 40.6 Å². The summed E-state index contributed by atoms with van der Waals surface area (Å²) in [6.07, 6.45) is 3.71. The number of aryl methyl sites for hydroxylation is 1. The molecule has 2 heterocycles. The molecule has 0 bridgehead atoms. The second-order valence-electron chi connectivity index (χ2n) is 3.12. The standard InChI is InChI=1S/C10H10N2OS/c1-12-7-11-5-9(12)10(13)4-8-2-3-14-6-8/h2-3,5-7H,4H2,1H3. The number of imidazole rings is 1. The molecule has 0 unspecified atom stereocenters. The number of hydrogen-bond donors (Lipinski definition) is 0. The van der Waals surface area contributed by atoms with E-state index in [1.165, 1.54) is 0 Å². The lowest BCUT2D eigenvalue weighted by atomic mass is 10.1. The molecule has 0 saturated heterocycles. The molecule has 0 atom stereocenters. The van der Waals surface area contributed by atoms with Gasteiger partial charge in [-0.1, -0.05) is 0 Å². The van der Waals surface area contributed by atoms with E-state index in [1.807, 2.05) is 23.9 Å². The van der Waals surface area contributed by atoms with Crippen LogP contribution in [-0.4, -0.2) is 15.3 Å². The normalized spacial score (nSPS) is 10.4. The maximum atomic E-state index is 11.7. The van der Waals surface area contributed by atoms with E-state index in [0.717, 1.165) is 5.56 Å². The van der Waals surface area contributed by atoms with Gasteiger partial charge in [-0.3, -0.25) is 4.79 Å². The Hall–Kier alpha value is -1.42. The van der Waals surface area contributed by atoms with E-state index in [2.05, 4.69) is 4.98 Å². The fourth-order valence-corrected chi connectivity index (χ4v) is 1.96. The minimum absolute atomic E-state index is 0.114. The van der Waals surface area contributed by atoms with Crippen molar-refractivity contribution >= 4 is 17.1 Å². The molecule has 14 heavy (non-hydrogen) atoms. The lowest BCUT2D eigenvalue weighted by Crippen LogP contribution is -2.07. The van der Waals surface area contributed by atoms with E-state index in [1.54, 1.807) is 28.4 Å². The Morgan fingerprint density at radius 2 is 2.50 bits per heavy atom. The summed E-state index contributed by atoms with van der Waals surface area (Å²) in [4.78, 5) is 15.7. The number of nitrogens with zero attached hydrogens (tertiary/aromatic N) is 2. The smallest absolute Gasteiger partial charge is 0.185 e. The molecule has 0 saturated carbocycles. The molecule has 3 nitrogen and oxygen atoms in total. The Morgan fingerprint density at radius 3 is 3.07 bits per heavy atom. The van der Waals surface area contributed by atoms with E-state index in [9.17, 15) is 4.79 Å². The predicted octanol–water partition coefficient (Wildman–Crippen LogP) is 1.91. The number of rotatable bonds is 3. The lowest BCUT2D eigenvalue weighted by Gasteiger charge is -1.99. The fourth-order valence-electron chi connectivity index (χ4n) is 1.30. The molecule has 0 amide bonds. The van der Waals surface area contributed by atoms with E-state index in [-0.39, 0.29) is 5.78 Å². The Balaban J connectivity index is 2.14. The minimum atomic E-state index is 0.114. The van der Waals surface area contributed by atoms with Crippen LogP contribution in [-0.2, 0) is 13.5 Å². The maximum absolute atomic E-state index is 11.7. The van der Waals surface area contributed by atoms with Crippen molar-refractivity contribution in [2.24, 2.45) is 7.05 Å². The zero-order valence-corrected chi connectivity index (χ0v) is 8.62. The van der Waals surface area contributed by atoms with Crippen LogP contribution in [0.1, 0.15) is 16.1 Å². The second kappa shape index (κ2) is 3.75. The van der Waals surface area contributed by atoms with Gasteiger partial charge in [-0.15, -0.1) is 0 Å². The van der Waals surface area contributed by atoms with Crippen LogP contribution in [0.3, 0.4) is 0 Å². The van der Waals surface area contributed by atoms with Gasteiger partial charge in [0.1, 0.15) is 5.69 Å². The number of carbonyl (C=O) groups excluding carboxylic acids is 1. The highest BCUT2D eigenvalue weighted by molar-refractivity contribution is 7.08. The molecule has 2 rings (SSSR count). The van der Waals surface area contributed by atoms with Gasteiger partial charge in [0.25, 0.3) is 0 Å². The number of thiophene rings is 1. The topological polar surface area (TPSA) is 34.9 Å². The van der Waals surface area contributed by atoms with Crippen molar-refractivity contribution in [2.45, 2.75) is 6.42 Å². The first-order valence-electron chi connectivity index (χ1n) is 4.28. The average Bonchev–Trinajstić information content (AvgIpc) is 2.75. The molecule has 0 aliphatic rings. The lowest BCUT2D eigenvalue weighted by molar-refractivity contribution is 0.0985. The Kier molecular flexibility index (Phi) is 2.45. The third-order valence-corrected chi connectivity index (χ3v) is 2.78. The van der Waals surface area contributed by atoms with Crippen molar-refractivity contribution in [1.29, 1.82) is 0 Å². The van der Waals surface area contributed by atoms with Crippen LogP contribution in [0.25, 0.3) is 0 Å². The van der Waals surface area contributed by atoms with Crippen LogP contribution in [0.15, 0.2) is 29.4 Å². The van der Waals surface area contributed by atoms with Gasteiger partial charge >= 0.3 is 0 Å². The number of carbonyl (C=O) groups is 1. The Labute approximate surface area is 86.0 Å². The van der Waals surface area contributed by atoms with Gasteiger partial charge in [-0.05, 0) is 22.4 Å². The maximum Gasteiger partial charge on any atom is 0.185 e. The summed E-state index contributed by atoms with van der Waals surface area (Å²) in [5.74, 6) is 0.114. The van der Waals surface area contributed by atoms with Gasteiger partial charge in [0.05, 0.1) is 12.5 Å². The quantitative estimate of drug-likeness (QED) is 0.719. The van der Waals surface area contributed by atoms with Crippen LogP contribution >= 0.6 is 11.3 Å². The number of aromatic nitrogens is 2. The van der Waals surface area contributed by atoms with E-state index < -0.39 is 0 Å². The van der Waals surface area contributed by atoms with Crippen LogP contribution in [0.2, 0.25) is 0 Å². The first-order chi connectivity index (χ1) is 6.77. The first-order valence-corrected chi connectivity index (χ1v) is 5.22. The second-order valence-corrected chi connectivity index (χ2v) is 3.90. The molecule has 0 spiro atoms. The predicted molar refractivity (Wildman–Crippen MR) is 55.6 cm³/mol. The SMILES string of the molecule is Cn1cncc1C(=O)Cc1ccsc1. The van der Waals surface area contributed by atoms with E-state index in [0.29, 0.717) is 12.1 Å². The summed E-state index contributed by atoms with van der Waals surface area (Å²) >= 11 is 1.61. The van der Waals surface area contributed by atoms with E-state index >= 15 is 0 Å². The summed E-state index contributed by atoms with van der Waals surface area (Å²) in [6, 6.07) is 1.97. The zero-order chi connectivity index (χ0) is 9.97. The highest BCUT2D eigenvalue weighted by Gasteiger charge is 2.10. The zero-order valence-electron chi connectivity index (χ0n) is 7.80. The molecule has 72 valence electrons. The summed E-state index contributed by atoms with van der Waals surface area (Å²) < 4.78 is 1.74. The molecular weight excluding hydrogens is 196 g/mol. The molecule has 2 aromatic rings. The van der Waals surface area contributed by atoms with Gasteiger partial charge in [-0.25, -0.2) is 4.98 Å². The van der Waals surface area contributed by atoms with Crippen LogP contribution in [0, 0.1) is 0 Å². The van der Waals surface area contributed by atoms with Gasteiger partial charge in [0.15, 0.2) is 5.78 Å². The summed E-state index contributed by atoms with van der Waals surface area (Å²) in [5.41, 5.74) is 1.73. The highest BCUT2D eigenvalue weighted by atomic mass is 32.1. The molecule has 0 fully saturated rings. The monoisotopic (exact) mass is 206 g/mol. The molecule has 0 radical (unpaired) electrons. The highest BCUT2D eigenvalue weighted by Crippen LogP contribution is 2.10. The van der Waals surface area contributed by atoms with Crippen molar-refractivity contribution in [3.8, 4) is 0 Å². The summed E-state index contributed by atoms with van der Waals surface area (Å²) in [6.45, 7) is 0. The molecule has 0 N–H and O–H groups in total.